The Kier molecular flexibility index (Phi) is 5.96. The summed E-state index contributed by atoms with van der Waals surface area (Å²) in [7, 11) is 3.49. The zero-order chi connectivity index (χ0) is 15.2. The summed E-state index contributed by atoms with van der Waals surface area (Å²) in [5.74, 6) is 0.672. The summed E-state index contributed by atoms with van der Waals surface area (Å²) in [5.41, 5.74) is 0.991. The van der Waals surface area contributed by atoms with E-state index in [-0.39, 0.29) is 13.2 Å². The lowest BCUT2D eigenvalue weighted by molar-refractivity contribution is 0.0400. The van der Waals surface area contributed by atoms with Crippen molar-refractivity contribution in [2.24, 2.45) is 5.41 Å². The van der Waals surface area contributed by atoms with Crippen LogP contribution < -0.4 is 4.74 Å². The van der Waals surface area contributed by atoms with Gasteiger partial charge in [-0.2, -0.15) is 5.26 Å². The van der Waals surface area contributed by atoms with E-state index >= 15 is 0 Å². The van der Waals surface area contributed by atoms with Gasteiger partial charge in [-0.1, -0.05) is 13.0 Å². The third-order valence-electron chi connectivity index (χ3n) is 3.27. The quantitative estimate of drug-likeness (QED) is 0.778. The van der Waals surface area contributed by atoms with Gasteiger partial charge in [0.25, 0.3) is 0 Å². The molecule has 0 unspecified atom stereocenters. The molecule has 5 nitrogen and oxygen atoms in total. The van der Waals surface area contributed by atoms with Crippen molar-refractivity contribution in [1.82, 2.24) is 4.90 Å². The van der Waals surface area contributed by atoms with Gasteiger partial charge in [-0.3, -0.25) is 0 Å². The van der Waals surface area contributed by atoms with Crippen LogP contribution in [0.4, 0.5) is 0 Å². The van der Waals surface area contributed by atoms with Crippen molar-refractivity contribution in [2.45, 2.75) is 13.5 Å². The summed E-state index contributed by atoms with van der Waals surface area (Å²) in [6.45, 7) is 2.86. The molecule has 0 heterocycles. The molecule has 0 aliphatic rings. The lowest BCUT2D eigenvalue weighted by Crippen LogP contribution is -2.38. The number of hydrogen-bond donors (Lipinski definition) is 2. The van der Waals surface area contributed by atoms with E-state index in [1.165, 1.54) is 0 Å². The van der Waals surface area contributed by atoms with Gasteiger partial charge in [0.1, 0.15) is 5.75 Å². The van der Waals surface area contributed by atoms with Crippen LogP contribution in [0.3, 0.4) is 0 Å². The second kappa shape index (κ2) is 7.25. The van der Waals surface area contributed by atoms with Crippen molar-refractivity contribution < 1.29 is 14.9 Å². The number of ether oxygens (including phenoxy) is 1. The molecule has 0 amide bonds. The minimum Gasteiger partial charge on any atom is -0.496 e. The standard InChI is InChI=1S/C15H22N2O3/c1-15(10-18,11-19)9-17(2)8-13-5-4-12(7-16)6-14(13)20-3/h4-6,18-19H,8-11H2,1-3H3. The molecule has 0 atom stereocenters. The maximum Gasteiger partial charge on any atom is 0.124 e. The van der Waals surface area contributed by atoms with Crippen LogP contribution in [0, 0.1) is 16.7 Å². The SMILES string of the molecule is COc1cc(C#N)ccc1CN(C)CC(C)(CO)CO. The van der Waals surface area contributed by atoms with Crippen LogP contribution in [-0.4, -0.2) is 49.0 Å². The predicted octanol–water partition coefficient (Wildman–Crippen LogP) is 0.990. The molecular formula is C15H22N2O3. The van der Waals surface area contributed by atoms with Crippen LogP contribution in [0.25, 0.3) is 0 Å². The van der Waals surface area contributed by atoms with Crippen LogP contribution in [0.5, 0.6) is 5.75 Å². The number of methoxy groups -OCH3 is 1. The van der Waals surface area contributed by atoms with Crippen LogP contribution in [0.2, 0.25) is 0 Å². The molecule has 0 spiro atoms. The lowest BCUT2D eigenvalue weighted by atomic mass is 9.92. The second-order valence-corrected chi connectivity index (χ2v) is 5.44. The van der Waals surface area contributed by atoms with Crippen molar-refractivity contribution in [3.63, 3.8) is 0 Å². The maximum absolute atomic E-state index is 9.32. The van der Waals surface area contributed by atoms with Gasteiger partial charge >= 0.3 is 0 Å². The molecule has 1 aromatic rings. The Hall–Kier alpha value is -1.61. The Bertz CT molecular complexity index is 478. The first-order valence-electron chi connectivity index (χ1n) is 6.45. The monoisotopic (exact) mass is 278 g/mol. The normalized spacial score (nSPS) is 11.4. The molecule has 0 aliphatic carbocycles. The average Bonchev–Trinajstić information content (AvgIpc) is 2.47. The van der Waals surface area contributed by atoms with E-state index in [1.54, 1.807) is 19.2 Å². The number of nitriles is 1. The minimum absolute atomic E-state index is 0.0711. The summed E-state index contributed by atoms with van der Waals surface area (Å²) in [5, 5.41) is 27.5. The largest absolute Gasteiger partial charge is 0.496 e. The van der Waals surface area contributed by atoms with Gasteiger partial charge in [0.05, 0.1) is 32.0 Å². The highest BCUT2D eigenvalue weighted by atomic mass is 16.5. The Morgan fingerprint density at radius 3 is 2.50 bits per heavy atom. The fourth-order valence-electron chi connectivity index (χ4n) is 2.09. The second-order valence-electron chi connectivity index (χ2n) is 5.44. The summed E-state index contributed by atoms with van der Waals surface area (Å²) in [6.07, 6.45) is 0. The van der Waals surface area contributed by atoms with E-state index in [0.717, 1.165) is 5.56 Å². The Morgan fingerprint density at radius 2 is 2.00 bits per heavy atom. The van der Waals surface area contributed by atoms with Crippen LogP contribution >= 0.6 is 0 Å². The summed E-state index contributed by atoms with van der Waals surface area (Å²) < 4.78 is 5.29. The molecule has 0 bridgehead atoms. The highest BCUT2D eigenvalue weighted by molar-refractivity contribution is 5.42. The van der Waals surface area contributed by atoms with E-state index in [9.17, 15) is 10.2 Å². The maximum atomic E-state index is 9.32. The topological polar surface area (TPSA) is 76.7 Å². The molecule has 0 saturated heterocycles. The van der Waals surface area contributed by atoms with Gasteiger partial charge in [-0.15, -0.1) is 0 Å². The first kappa shape index (κ1) is 16.4. The molecule has 0 fully saturated rings. The van der Waals surface area contributed by atoms with Crippen molar-refractivity contribution in [2.75, 3.05) is 33.9 Å². The van der Waals surface area contributed by atoms with Gasteiger partial charge in [0.15, 0.2) is 0 Å². The van der Waals surface area contributed by atoms with E-state index < -0.39 is 5.41 Å². The number of aliphatic hydroxyl groups is 2. The van der Waals surface area contributed by atoms with Crippen LogP contribution in [-0.2, 0) is 6.54 Å². The summed E-state index contributed by atoms with van der Waals surface area (Å²) in [6, 6.07) is 7.40. The summed E-state index contributed by atoms with van der Waals surface area (Å²) >= 11 is 0. The molecule has 0 aliphatic heterocycles. The third-order valence-corrected chi connectivity index (χ3v) is 3.27. The molecule has 0 aromatic heterocycles. The van der Waals surface area contributed by atoms with E-state index in [1.807, 2.05) is 24.9 Å². The fraction of sp³-hybridized carbons (Fsp3) is 0.533. The van der Waals surface area contributed by atoms with Gasteiger partial charge < -0.3 is 19.8 Å². The highest BCUT2D eigenvalue weighted by Crippen LogP contribution is 2.23. The molecule has 5 heteroatoms. The van der Waals surface area contributed by atoms with Gasteiger partial charge in [-0.25, -0.2) is 0 Å². The number of benzene rings is 1. The van der Waals surface area contributed by atoms with Gasteiger partial charge in [0, 0.05) is 24.1 Å². The minimum atomic E-state index is -0.533. The van der Waals surface area contributed by atoms with Crippen LogP contribution in [0.15, 0.2) is 18.2 Å². The number of rotatable bonds is 7. The zero-order valence-electron chi connectivity index (χ0n) is 12.3. The van der Waals surface area contributed by atoms with E-state index in [4.69, 9.17) is 10.00 Å². The Labute approximate surface area is 120 Å². The molecule has 0 saturated carbocycles. The molecule has 20 heavy (non-hydrogen) atoms. The predicted molar refractivity (Wildman–Crippen MR) is 76.3 cm³/mol. The molecule has 110 valence electrons. The molecule has 1 aromatic carbocycles. The van der Waals surface area contributed by atoms with Crippen molar-refractivity contribution in [3.8, 4) is 11.8 Å². The average molecular weight is 278 g/mol. The third kappa shape index (κ3) is 4.20. The Morgan fingerprint density at radius 1 is 1.35 bits per heavy atom. The van der Waals surface area contributed by atoms with Gasteiger partial charge in [0.2, 0.25) is 0 Å². The van der Waals surface area contributed by atoms with Crippen molar-refractivity contribution in [1.29, 1.82) is 5.26 Å². The fourth-order valence-corrected chi connectivity index (χ4v) is 2.09. The molecular weight excluding hydrogens is 256 g/mol. The van der Waals surface area contributed by atoms with Crippen LogP contribution in [0.1, 0.15) is 18.1 Å². The number of nitrogens with zero attached hydrogens (tertiary/aromatic N) is 2. The number of hydrogen-bond acceptors (Lipinski definition) is 5. The zero-order valence-corrected chi connectivity index (χ0v) is 12.3. The van der Waals surface area contributed by atoms with E-state index in [2.05, 4.69) is 6.07 Å². The van der Waals surface area contributed by atoms with E-state index in [0.29, 0.717) is 24.4 Å². The first-order valence-corrected chi connectivity index (χ1v) is 6.45. The highest BCUT2D eigenvalue weighted by Gasteiger charge is 2.24. The smallest absolute Gasteiger partial charge is 0.124 e. The molecule has 1 rings (SSSR count). The molecule has 2 N–H and O–H groups in total. The summed E-state index contributed by atoms with van der Waals surface area (Å²) in [4.78, 5) is 2.01. The van der Waals surface area contributed by atoms with Crippen molar-refractivity contribution in [3.05, 3.63) is 29.3 Å². The Balaban J connectivity index is 2.80. The van der Waals surface area contributed by atoms with Crippen molar-refractivity contribution >= 4 is 0 Å². The molecule has 0 radical (unpaired) electrons. The van der Waals surface area contributed by atoms with Gasteiger partial charge in [-0.05, 0) is 19.2 Å². The lowest BCUT2D eigenvalue weighted by Gasteiger charge is -2.30. The first-order chi connectivity index (χ1) is 9.47. The number of aliphatic hydroxyl groups excluding tert-OH is 2.